The minimum absolute atomic E-state index is 0.0979. The number of piperidine rings is 2. The van der Waals surface area contributed by atoms with E-state index >= 15 is 0 Å². The number of carbonyl (C=O) groups excluding carboxylic acids is 1. The van der Waals surface area contributed by atoms with Crippen molar-refractivity contribution in [3.63, 3.8) is 0 Å². The van der Waals surface area contributed by atoms with Gasteiger partial charge < -0.3 is 24.8 Å². The molecule has 2 aliphatic rings. The first kappa shape index (κ1) is 16.9. The van der Waals surface area contributed by atoms with Crippen molar-refractivity contribution in [2.45, 2.75) is 50.2 Å². The number of amides is 1. The molecule has 1 aromatic carbocycles. The Morgan fingerprint density at radius 2 is 1.62 bits per heavy atom. The molecular formula is C18H26N2O4. The molecule has 6 heteroatoms. The van der Waals surface area contributed by atoms with Crippen LogP contribution in [0.15, 0.2) is 12.1 Å². The summed E-state index contributed by atoms with van der Waals surface area (Å²) in [6.45, 7) is 0. The lowest BCUT2D eigenvalue weighted by Gasteiger charge is -2.40. The lowest BCUT2D eigenvalue weighted by Crippen LogP contribution is -2.54. The van der Waals surface area contributed by atoms with Gasteiger partial charge in [-0.05, 0) is 37.8 Å². The summed E-state index contributed by atoms with van der Waals surface area (Å²) in [5, 5.41) is 6.81. The van der Waals surface area contributed by atoms with Gasteiger partial charge in [-0.15, -0.1) is 0 Å². The number of benzene rings is 1. The fraction of sp³-hybridized carbons (Fsp3) is 0.611. The summed E-state index contributed by atoms with van der Waals surface area (Å²) < 4.78 is 16.0. The predicted molar refractivity (Wildman–Crippen MR) is 91.1 cm³/mol. The predicted octanol–water partition coefficient (Wildman–Crippen LogP) is 2.12. The van der Waals surface area contributed by atoms with Gasteiger partial charge in [0.2, 0.25) is 5.75 Å². The van der Waals surface area contributed by atoms with Crippen LogP contribution in [0.1, 0.15) is 42.5 Å². The van der Waals surface area contributed by atoms with Gasteiger partial charge in [-0.1, -0.05) is 6.42 Å². The second-order valence-corrected chi connectivity index (χ2v) is 6.55. The molecule has 2 fully saturated rings. The molecule has 2 atom stereocenters. The van der Waals surface area contributed by atoms with Gasteiger partial charge in [0, 0.05) is 23.7 Å². The van der Waals surface area contributed by atoms with Crippen LogP contribution in [0.25, 0.3) is 0 Å². The summed E-state index contributed by atoms with van der Waals surface area (Å²) in [6.07, 6.45) is 5.68. The van der Waals surface area contributed by atoms with E-state index in [0.29, 0.717) is 34.9 Å². The van der Waals surface area contributed by atoms with Crippen molar-refractivity contribution >= 4 is 5.91 Å². The zero-order chi connectivity index (χ0) is 17.1. The standard InChI is InChI=1S/C18H26N2O4/c1-22-15-7-11(8-16(23-2)17(15)24-3)18(21)20-14-9-12-5-4-6-13(10-14)19-12/h7-8,12-14,19H,4-6,9-10H2,1-3H3,(H,20,21). The monoisotopic (exact) mass is 334 g/mol. The maximum absolute atomic E-state index is 12.7. The first-order valence-corrected chi connectivity index (χ1v) is 8.51. The summed E-state index contributed by atoms with van der Waals surface area (Å²) in [7, 11) is 4.65. The van der Waals surface area contributed by atoms with E-state index in [2.05, 4.69) is 10.6 Å². The van der Waals surface area contributed by atoms with E-state index in [1.165, 1.54) is 19.3 Å². The number of ether oxygens (including phenoxy) is 3. The highest BCUT2D eigenvalue weighted by atomic mass is 16.5. The van der Waals surface area contributed by atoms with Crippen LogP contribution in [-0.4, -0.2) is 45.4 Å². The summed E-state index contributed by atoms with van der Waals surface area (Å²) >= 11 is 0. The summed E-state index contributed by atoms with van der Waals surface area (Å²) in [5.41, 5.74) is 0.521. The molecule has 1 amide bonds. The van der Waals surface area contributed by atoms with Gasteiger partial charge in [-0.3, -0.25) is 4.79 Å². The quantitative estimate of drug-likeness (QED) is 0.863. The highest BCUT2D eigenvalue weighted by Crippen LogP contribution is 2.38. The minimum Gasteiger partial charge on any atom is -0.493 e. The molecule has 2 aliphatic heterocycles. The van der Waals surface area contributed by atoms with Crippen LogP contribution in [0.4, 0.5) is 0 Å². The Bertz CT molecular complexity index is 568. The van der Waals surface area contributed by atoms with Gasteiger partial charge in [-0.25, -0.2) is 0 Å². The molecule has 2 heterocycles. The van der Waals surface area contributed by atoms with Crippen LogP contribution in [0.5, 0.6) is 17.2 Å². The van der Waals surface area contributed by atoms with Crippen LogP contribution >= 0.6 is 0 Å². The lowest BCUT2D eigenvalue weighted by molar-refractivity contribution is 0.0906. The van der Waals surface area contributed by atoms with E-state index in [0.717, 1.165) is 12.8 Å². The zero-order valence-corrected chi connectivity index (χ0v) is 14.6. The molecule has 2 saturated heterocycles. The van der Waals surface area contributed by atoms with Crippen LogP contribution < -0.4 is 24.8 Å². The topological polar surface area (TPSA) is 68.8 Å². The van der Waals surface area contributed by atoms with Gasteiger partial charge in [0.25, 0.3) is 5.91 Å². The molecule has 24 heavy (non-hydrogen) atoms. The van der Waals surface area contributed by atoms with E-state index in [1.807, 2.05) is 0 Å². The highest BCUT2D eigenvalue weighted by Gasteiger charge is 2.32. The smallest absolute Gasteiger partial charge is 0.251 e. The second kappa shape index (κ2) is 7.30. The van der Waals surface area contributed by atoms with Crippen LogP contribution in [0.2, 0.25) is 0 Å². The summed E-state index contributed by atoms with van der Waals surface area (Å²) in [4.78, 5) is 12.7. The van der Waals surface area contributed by atoms with Gasteiger partial charge in [-0.2, -0.15) is 0 Å². The summed E-state index contributed by atoms with van der Waals surface area (Å²) in [5.74, 6) is 1.38. The first-order valence-electron chi connectivity index (χ1n) is 8.51. The first-order chi connectivity index (χ1) is 11.6. The summed E-state index contributed by atoms with van der Waals surface area (Å²) in [6, 6.07) is 4.66. The molecule has 2 bridgehead atoms. The molecule has 2 unspecified atom stereocenters. The fourth-order valence-electron chi connectivity index (χ4n) is 3.86. The third-order valence-corrected chi connectivity index (χ3v) is 4.98. The molecule has 0 aromatic heterocycles. The number of rotatable bonds is 5. The van der Waals surface area contributed by atoms with E-state index in [4.69, 9.17) is 14.2 Å². The number of hydrogen-bond acceptors (Lipinski definition) is 5. The number of carbonyl (C=O) groups is 1. The van der Waals surface area contributed by atoms with Crippen molar-refractivity contribution in [3.05, 3.63) is 17.7 Å². The lowest BCUT2D eigenvalue weighted by atomic mass is 9.84. The van der Waals surface area contributed by atoms with Crippen molar-refractivity contribution in [1.29, 1.82) is 0 Å². The molecule has 0 saturated carbocycles. The maximum atomic E-state index is 12.7. The van der Waals surface area contributed by atoms with E-state index in [1.54, 1.807) is 33.5 Å². The fourth-order valence-corrected chi connectivity index (χ4v) is 3.86. The van der Waals surface area contributed by atoms with E-state index in [9.17, 15) is 4.79 Å². The largest absolute Gasteiger partial charge is 0.493 e. The van der Waals surface area contributed by atoms with Crippen LogP contribution in [0, 0.1) is 0 Å². The average molecular weight is 334 g/mol. The average Bonchev–Trinajstić information content (AvgIpc) is 2.59. The molecule has 132 valence electrons. The second-order valence-electron chi connectivity index (χ2n) is 6.55. The molecule has 3 rings (SSSR count). The number of hydrogen-bond donors (Lipinski definition) is 2. The molecule has 0 radical (unpaired) electrons. The Kier molecular flexibility index (Phi) is 5.14. The Balaban J connectivity index is 1.75. The molecule has 0 spiro atoms. The van der Waals surface area contributed by atoms with Crippen molar-refractivity contribution < 1.29 is 19.0 Å². The molecule has 6 nitrogen and oxygen atoms in total. The van der Waals surface area contributed by atoms with E-state index in [-0.39, 0.29) is 11.9 Å². The molecule has 1 aromatic rings. The number of nitrogens with one attached hydrogen (secondary N) is 2. The van der Waals surface area contributed by atoms with Crippen LogP contribution in [-0.2, 0) is 0 Å². The number of fused-ring (bicyclic) bond motifs is 2. The number of methoxy groups -OCH3 is 3. The van der Waals surface area contributed by atoms with Crippen molar-refractivity contribution in [2.24, 2.45) is 0 Å². The SMILES string of the molecule is COc1cc(C(=O)NC2CC3CCCC(C2)N3)cc(OC)c1OC. The third kappa shape index (κ3) is 3.43. The Hall–Kier alpha value is -1.95. The molecule has 2 N–H and O–H groups in total. The normalized spacial score (nSPS) is 25.7. The highest BCUT2D eigenvalue weighted by molar-refractivity contribution is 5.95. The van der Waals surface area contributed by atoms with Gasteiger partial charge in [0.1, 0.15) is 0 Å². The Morgan fingerprint density at radius 3 is 2.12 bits per heavy atom. The molecule has 0 aliphatic carbocycles. The van der Waals surface area contributed by atoms with Crippen molar-refractivity contribution in [3.8, 4) is 17.2 Å². The molecular weight excluding hydrogens is 308 g/mol. The zero-order valence-electron chi connectivity index (χ0n) is 14.6. The Labute approximate surface area is 142 Å². The van der Waals surface area contributed by atoms with Gasteiger partial charge in [0.05, 0.1) is 21.3 Å². The maximum Gasteiger partial charge on any atom is 0.251 e. The van der Waals surface area contributed by atoms with Crippen molar-refractivity contribution in [1.82, 2.24) is 10.6 Å². The third-order valence-electron chi connectivity index (χ3n) is 4.98. The van der Waals surface area contributed by atoms with Gasteiger partial charge >= 0.3 is 0 Å². The Morgan fingerprint density at radius 1 is 1.04 bits per heavy atom. The minimum atomic E-state index is -0.0979. The van der Waals surface area contributed by atoms with Crippen molar-refractivity contribution in [2.75, 3.05) is 21.3 Å². The van der Waals surface area contributed by atoms with E-state index < -0.39 is 0 Å². The van der Waals surface area contributed by atoms with Crippen LogP contribution in [0.3, 0.4) is 0 Å². The van der Waals surface area contributed by atoms with Gasteiger partial charge in [0.15, 0.2) is 11.5 Å².